The van der Waals surface area contributed by atoms with E-state index in [2.05, 4.69) is 0 Å². The Balaban J connectivity index is 1.62. The van der Waals surface area contributed by atoms with Gasteiger partial charge >= 0.3 is 0 Å². The maximum atomic E-state index is 13.7. The van der Waals surface area contributed by atoms with Gasteiger partial charge in [-0.2, -0.15) is 0 Å². The molecular weight excluding hydrogens is 568 g/mol. The smallest absolute Gasteiger partial charge is 0.239 e. The van der Waals surface area contributed by atoms with Crippen LogP contribution >= 0.6 is 0 Å². The summed E-state index contributed by atoms with van der Waals surface area (Å²) in [5.41, 5.74) is -1.38. The van der Waals surface area contributed by atoms with Crippen LogP contribution in [0.1, 0.15) is 0 Å². The highest BCUT2D eigenvalue weighted by Crippen LogP contribution is 2.40. The van der Waals surface area contributed by atoms with Crippen molar-refractivity contribution < 1.29 is 74.4 Å². The average molecular weight is 596 g/mol. The van der Waals surface area contributed by atoms with Gasteiger partial charge in [-0.05, 0) is 18.2 Å². The lowest BCUT2D eigenvalue weighted by atomic mass is 9.98. The van der Waals surface area contributed by atoms with Gasteiger partial charge in [0.25, 0.3) is 0 Å². The minimum Gasteiger partial charge on any atom is -0.508 e. The molecular formula is C26H28O16. The number of aliphatic hydroxyl groups is 6. The summed E-state index contributed by atoms with van der Waals surface area (Å²) in [5, 5.41) is 101. The standard InChI is InChI=1S/C26H28O16/c27-6-15-18(34)20(36)24(42-25-21(37)17(33)13(32)7-38-25)26(40-15)41-23-19(35)16-12(31)4-9(28)5-14(16)39-22(23)8-1-2-10(29)11(30)3-8/h1-5,13,15,17-18,20-21,24-34,36-37H,6-7H2/t13-,15-,17+,18-,20+,21-,24-,25+,26+/m1/s1. The zero-order chi connectivity index (χ0) is 30.5. The van der Waals surface area contributed by atoms with Crippen molar-refractivity contribution in [3.05, 3.63) is 40.6 Å². The number of hydrogen-bond acceptors (Lipinski definition) is 16. The summed E-state index contributed by atoms with van der Waals surface area (Å²) in [6.07, 6.45) is -15.5. The van der Waals surface area contributed by atoms with Crippen molar-refractivity contribution in [2.45, 2.75) is 55.3 Å². The maximum Gasteiger partial charge on any atom is 0.239 e. The molecule has 0 aliphatic carbocycles. The van der Waals surface area contributed by atoms with Crippen molar-refractivity contribution in [3.8, 4) is 40.1 Å². The molecule has 0 radical (unpaired) electrons. The number of rotatable bonds is 6. The Hall–Kier alpha value is -3.71. The van der Waals surface area contributed by atoms with E-state index >= 15 is 0 Å². The molecule has 228 valence electrons. The predicted molar refractivity (Wildman–Crippen MR) is 136 cm³/mol. The Labute approximate surface area is 235 Å². The summed E-state index contributed by atoms with van der Waals surface area (Å²) in [5.74, 6) is -3.39. The molecule has 16 heteroatoms. The van der Waals surface area contributed by atoms with Crippen LogP contribution in [0.25, 0.3) is 22.3 Å². The zero-order valence-corrected chi connectivity index (χ0v) is 21.4. The Morgan fingerprint density at radius 1 is 0.833 bits per heavy atom. The lowest BCUT2D eigenvalue weighted by Crippen LogP contribution is -2.64. The molecule has 0 bridgehead atoms. The highest BCUT2D eigenvalue weighted by molar-refractivity contribution is 5.88. The molecule has 2 aliphatic rings. The molecule has 1 aromatic heterocycles. The molecule has 10 N–H and O–H groups in total. The van der Waals surface area contributed by atoms with Gasteiger partial charge in [0.05, 0.1) is 13.2 Å². The molecule has 9 atom stereocenters. The topological polar surface area (TPSA) is 269 Å². The van der Waals surface area contributed by atoms with E-state index in [-0.39, 0.29) is 11.1 Å². The third-order valence-electron chi connectivity index (χ3n) is 6.96. The van der Waals surface area contributed by atoms with E-state index in [4.69, 9.17) is 23.4 Å². The largest absolute Gasteiger partial charge is 0.508 e. The lowest BCUT2D eigenvalue weighted by Gasteiger charge is -2.44. The van der Waals surface area contributed by atoms with Crippen molar-refractivity contribution in [3.63, 3.8) is 0 Å². The fraction of sp³-hybridized carbons (Fsp3) is 0.423. The number of aromatic hydroxyl groups is 4. The number of fused-ring (bicyclic) bond motifs is 1. The van der Waals surface area contributed by atoms with Crippen LogP contribution < -0.4 is 10.2 Å². The van der Waals surface area contributed by atoms with Gasteiger partial charge in [-0.15, -0.1) is 0 Å². The summed E-state index contributed by atoms with van der Waals surface area (Å²) in [4.78, 5) is 13.7. The van der Waals surface area contributed by atoms with Crippen LogP contribution in [0, 0.1) is 0 Å². The van der Waals surface area contributed by atoms with Crippen molar-refractivity contribution in [1.82, 2.24) is 0 Å². The van der Waals surface area contributed by atoms with Crippen LogP contribution in [0.15, 0.2) is 39.5 Å². The molecule has 2 fully saturated rings. The van der Waals surface area contributed by atoms with E-state index in [9.17, 15) is 55.9 Å². The van der Waals surface area contributed by atoms with E-state index < -0.39 is 114 Å². The Morgan fingerprint density at radius 3 is 2.26 bits per heavy atom. The summed E-state index contributed by atoms with van der Waals surface area (Å²) in [6.45, 7) is -1.31. The third-order valence-corrected chi connectivity index (χ3v) is 6.96. The maximum absolute atomic E-state index is 13.7. The van der Waals surface area contributed by atoms with Gasteiger partial charge in [-0.1, -0.05) is 0 Å². The Bertz CT molecular complexity index is 1510. The number of hydrogen-bond donors (Lipinski definition) is 10. The Kier molecular flexibility index (Phi) is 8.17. The van der Waals surface area contributed by atoms with E-state index in [0.29, 0.717) is 0 Å². The van der Waals surface area contributed by atoms with Gasteiger partial charge in [-0.25, -0.2) is 0 Å². The molecule has 0 saturated carbocycles. The second-order valence-corrected chi connectivity index (χ2v) is 9.81. The quantitative estimate of drug-likeness (QED) is 0.137. The van der Waals surface area contributed by atoms with E-state index in [1.54, 1.807) is 0 Å². The second kappa shape index (κ2) is 11.5. The molecule has 0 amide bonds. The Morgan fingerprint density at radius 2 is 1.57 bits per heavy atom. The summed E-state index contributed by atoms with van der Waals surface area (Å²) < 4.78 is 28.0. The van der Waals surface area contributed by atoms with Crippen molar-refractivity contribution in [1.29, 1.82) is 0 Å². The van der Waals surface area contributed by atoms with Crippen molar-refractivity contribution in [2.75, 3.05) is 13.2 Å². The van der Waals surface area contributed by atoms with Crippen LogP contribution in [-0.4, -0.2) is 120 Å². The van der Waals surface area contributed by atoms with Crippen LogP contribution in [0.5, 0.6) is 28.7 Å². The minimum absolute atomic E-state index is 0.0437. The van der Waals surface area contributed by atoms with Crippen LogP contribution in [-0.2, 0) is 14.2 Å². The molecule has 3 aromatic rings. The predicted octanol–water partition coefficient (Wildman–Crippen LogP) is -2.08. The molecule has 2 saturated heterocycles. The highest BCUT2D eigenvalue weighted by Gasteiger charge is 2.50. The third kappa shape index (κ3) is 5.31. The summed E-state index contributed by atoms with van der Waals surface area (Å²) in [6, 6.07) is 5.21. The van der Waals surface area contributed by atoms with E-state index in [1.165, 1.54) is 6.07 Å². The fourth-order valence-electron chi connectivity index (χ4n) is 4.70. The molecule has 42 heavy (non-hydrogen) atoms. The molecule has 2 aliphatic heterocycles. The molecule has 0 unspecified atom stereocenters. The van der Waals surface area contributed by atoms with Gasteiger partial charge in [0.2, 0.25) is 17.5 Å². The number of phenols is 4. The molecule has 16 nitrogen and oxygen atoms in total. The van der Waals surface area contributed by atoms with Crippen molar-refractivity contribution >= 4 is 11.0 Å². The number of aliphatic hydroxyl groups excluding tert-OH is 6. The van der Waals surface area contributed by atoms with Crippen LogP contribution in [0.4, 0.5) is 0 Å². The first-order valence-electron chi connectivity index (χ1n) is 12.6. The number of phenolic OH excluding ortho intramolecular Hbond substituents is 4. The number of ether oxygens (including phenoxy) is 4. The highest BCUT2D eigenvalue weighted by atomic mass is 16.8. The monoisotopic (exact) mass is 596 g/mol. The van der Waals surface area contributed by atoms with Gasteiger partial charge in [0.1, 0.15) is 59.1 Å². The first kappa shape index (κ1) is 29.8. The van der Waals surface area contributed by atoms with Gasteiger partial charge in [0, 0.05) is 17.7 Å². The second-order valence-electron chi connectivity index (χ2n) is 9.81. The van der Waals surface area contributed by atoms with Crippen molar-refractivity contribution in [2.24, 2.45) is 0 Å². The minimum atomic E-state index is -1.90. The van der Waals surface area contributed by atoms with Gasteiger partial charge in [0.15, 0.2) is 29.7 Å². The van der Waals surface area contributed by atoms with Crippen LogP contribution in [0.3, 0.4) is 0 Å². The zero-order valence-electron chi connectivity index (χ0n) is 21.4. The molecule has 5 rings (SSSR count). The van der Waals surface area contributed by atoms with E-state index in [0.717, 1.165) is 24.3 Å². The van der Waals surface area contributed by atoms with Gasteiger partial charge < -0.3 is 74.4 Å². The normalized spacial score (nSPS) is 31.7. The molecule has 2 aromatic carbocycles. The first-order valence-corrected chi connectivity index (χ1v) is 12.6. The first-order chi connectivity index (χ1) is 19.9. The lowest BCUT2D eigenvalue weighted by molar-refractivity contribution is -0.345. The average Bonchev–Trinajstić information content (AvgIpc) is 2.94. The summed E-state index contributed by atoms with van der Waals surface area (Å²) >= 11 is 0. The molecule has 0 spiro atoms. The number of benzene rings is 2. The molecule has 3 heterocycles. The van der Waals surface area contributed by atoms with Gasteiger partial charge in [-0.3, -0.25) is 4.79 Å². The SMILES string of the molecule is O=c1c(O[C@@H]2O[C@H](CO)[C@@H](O)[C@H](O)[C@H]2O[C@@H]2OC[C@@H](O)[C@H](O)[C@H]2O)c(-c2ccc(O)c(O)c2)oc2cc(O)cc(O)c12. The van der Waals surface area contributed by atoms with Crippen LogP contribution in [0.2, 0.25) is 0 Å². The van der Waals surface area contributed by atoms with E-state index in [1.807, 2.05) is 0 Å². The fourth-order valence-corrected chi connectivity index (χ4v) is 4.70. The summed E-state index contributed by atoms with van der Waals surface area (Å²) in [7, 11) is 0.